The Labute approximate surface area is 188 Å². The van der Waals surface area contributed by atoms with Gasteiger partial charge in [0.1, 0.15) is 25.3 Å². The second-order valence-corrected chi connectivity index (χ2v) is 8.76. The van der Waals surface area contributed by atoms with Crippen molar-refractivity contribution in [3.8, 4) is 0 Å². The minimum Gasteiger partial charge on any atom is -0.459 e. The number of carbonyl (C=O) groups excluding carboxylic acids is 3. The van der Waals surface area contributed by atoms with Crippen molar-refractivity contribution >= 4 is 23.7 Å². The topological polar surface area (TPSA) is 76.2 Å². The molecule has 0 saturated carbocycles. The summed E-state index contributed by atoms with van der Waals surface area (Å²) < 4.78 is 10.9. The van der Waals surface area contributed by atoms with E-state index in [-0.39, 0.29) is 25.6 Å². The first-order valence-corrected chi connectivity index (χ1v) is 10.8. The minimum atomic E-state index is -0.660. The molecule has 1 aliphatic rings. The predicted molar refractivity (Wildman–Crippen MR) is 121 cm³/mol. The molecule has 2 aromatic rings. The summed E-state index contributed by atoms with van der Waals surface area (Å²) in [6.07, 6.45) is 0.784. The van der Waals surface area contributed by atoms with Crippen LogP contribution in [0.4, 0.5) is 10.5 Å². The van der Waals surface area contributed by atoms with Crippen LogP contribution in [-0.2, 0) is 32.1 Å². The molecule has 0 N–H and O–H groups in total. The monoisotopic (exact) mass is 438 g/mol. The predicted octanol–water partition coefficient (Wildman–Crippen LogP) is 3.95. The molecule has 0 radical (unpaired) electrons. The highest BCUT2D eigenvalue weighted by atomic mass is 16.6. The Morgan fingerprint density at radius 3 is 2.41 bits per heavy atom. The lowest BCUT2D eigenvalue weighted by atomic mass is 10.1. The van der Waals surface area contributed by atoms with Gasteiger partial charge in [0.2, 0.25) is 5.91 Å². The molecule has 2 aromatic carbocycles. The van der Waals surface area contributed by atoms with Crippen LogP contribution < -0.4 is 4.90 Å². The molecule has 2 amide bonds. The molecule has 0 atom stereocenters. The third kappa shape index (κ3) is 6.57. The van der Waals surface area contributed by atoms with Gasteiger partial charge < -0.3 is 9.47 Å². The number of esters is 1. The number of carbonyl (C=O) groups is 3. The molecule has 7 nitrogen and oxygen atoms in total. The molecule has 1 aliphatic heterocycles. The zero-order valence-electron chi connectivity index (χ0n) is 18.9. The van der Waals surface area contributed by atoms with Crippen LogP contribution in [0.3, 0.4) is 0 Å². The van der Waals surface area contributed by atoms with Gasteiger partial charge in [-0.1, -0.05) is 48.5 Å². The van der Waals surface area contributed by atoms with Crippen molar-refractivity contribution in [3.63, 3.8) is 0 Å². The molecule has 0 aliphatic carbocycles. The summed E-state index contributed by atoms with van der Waals surface area (Å²) in [4.78, 5) is 41.3. The zero-order chi connectivity index (χ0) is 23.1. The third-order valence-electron chi connectivity index (χ3n) is 4.95. The summed E-state index contributed by atoms with van der Waals surface area (Å²) in [5, 5.41) is 0. The molecule has 0 fully saturated rings. The molecular weight excluding hydrogens is 408 g/mol. The van der Waals surface area contributed by atoms with E-state index < -0.39 is 17.7 Å². The highest BCUT2D eigenvalue weighted by Crippen LogP contribution is 2.24. The number of para-hydroxylation sites is 1. The zero-order valence-corrected chi connectivity index (χ0v) is 18.9. The van der Waals surface area contributed by atoms with Crippen molar-refractivity contribution in [1.29, 1.82) is 0 Å². The number of benzene rings is 2. The fourth-order valence-corrected chi connectivity index (χ4v) is 3.55. The summed E-state index contributed by atoms with van der Waals surface area (Å²) in [5.41, 5.74) is 1.83. The van der Waals surface area contributed by atoms with E-state index in [4.69, 9.17) is 9.47 Å². The molecule has 0 bridgehead atoms. The number of rotatable bonds is 4. The Morgan fingerprint density at radius 1 is 1.00 bits per heavy atom. The number of hydrogen-bond donors (Lipinski definition) is 0. The van der Waals surface area contributed by atoms with Crippen LogP contribution in [0, 0.1) is 0 Å². The van der Waals surface area contributed by atoms with E-state index in [2.05, 4.69) is 0 Å². The maximum Gasteiger partial charge on any atom is 0.410 e. The van der Waals surface area contributed by atoms with Crippen molar-refractivity contribution in [1.82, 2.24) is 4.90 Å². The molecule has 32 heavy (non-hydrogen) atoms. The standard InChI is InChI=1S/C25H30N2O5/c1-25(2,3)32-23(29)17-27-21-14-8-7-12-20(21)13-9-15-26(16-22(27)28)24(30)31-18-19-10-5-4-6-11-19/h4-8,10-12,14H,9,13,15-18H2,1-3H3. The van der Waals surface area contributed by atoms with Crippen LogP contribution in [0.1, 0.15) is 38.3 Å². The smallest absolute Gasteiger partial charge is 0.410 e. The number of nitrogens with zero attached hydrogens (tertiary/aromatic N) is 2. The molecule has 3 rings (SSSR count). The number of amides is 2. The van der Waals surface area contributed by atoms with Gasteiger partial charge in [-0.3, -0.25) is 19.4 Å². The molecule has 0 aromatic heterocycles. The molecule has 0 saturated heterocycles. The number of anilines is 1. The second kappa shape index (κ2) is 10.3. The van der Waals surface area contributed by atoms with Crippen molar-refractivity contribution in [3.05, 3.63) is 65.7 Å². The fraction of sp³-hybridized carbons (Fsp3) is 0.400. The van der Waals surface area contributed by atoms with Crippen molar-refractivity contribution in [2.75, 3.05) is 24.5 Å². The van der Waals surface area contributed by atoms with Gasteiger partial charge in [-0.2, -0.15) is 0 Å². The van der Waals surface area contributed by atoms with E-state index in [9.17, 15) is 14.4 Å². The largest absolute Gasteiger partial charge is 0.459 e. The Morgan fingerprint density at radius 2 is 1.69 bits per heavy atom. The summed E-state index contributed by atoms with van der Waals surface area (Å²) in [6.45, 7) is 5.46. The van der Waals surface area contributed by atoms with Crippen LogP contribution in [0.15, 0.2) is 54.6 Å². The number of fused-ring (bicyclic) bond motifs is 1. The van der Waals surface area contributed by atoms with Crippen LogP contribution in [0.2, 0.25) is 0 Å². The van der Waals surface area contributed by atoms with Crippen LogP contribution in [0.25, 0.3) is 0 Å². The first-order chi connectivity index (χ1) is 15.2. The van der Waals surface area contributed by atoms with Crippen LogP contribution in [-0.4, -0.2) is 48.1 Å². The number of ether oxygens (including phenoxy) is 2. The normalized spacial score (nSPS) is 14.7. The van der Waals surface area contributed by atoms with E-state index in [1.165, 1.54) is 9.80 Å². The van der Waals surface area contributed by atoms with Gasteiger partial charge in [-0.25, -0.2) is 4.79 Å². The van der Waals surface area contributed by atoms with Gasteiger partial charge >= 0.3 is 12.1 Å². The van der Waals surface area contributed by atoms with Crippen LogP contribution in [0.5, 0.6) is 0 Å². The molecular formula is C25H30N2O5. The van der Waals surface area contributed by atoms with Gasteiger partial charge in [0, 0.05) is 12.2 Å². The fourth-order valence-electron chi connectivity index (χ4n) is 3.55. The van der Waals surface area contributed by atoms with Gasteiger partial charge in [0.15, 0.2) is 0 Å². The molecule has 0 unspecified atom stereocenters. The Kier molecular flexibility index (Phi) is 7.51. The summed E-state index contributed by atoms with van der Waals surface area (Å²) >= 11 is 0. The molecule has 170 valence electrons. The Bertz CT molecular complexity index is 952. The first-order valence-electron chi connectivity index (χ1n) is 10.8. The maximum atomic E-state index is 13.2. The third-order valence-corrected chi connectivity index (χ3v) is 4.95. The maximum absolute atomic E-state index is 13.2. The van der Waals surface area contributed by atoms with E-state index in [0.717, 1.165) is 11.1 Å². The van der Waals surface area contributed by atoms with Gasteiger partial charge in [-0.05, 0) is 50.8 Å². The average Bonchev–Trinajstić information content (AvgIpc) is 2.80. The molecule has 7 heteroatoms. The van der Waals surface area contributed by atoms with Crippen molar-refractivity contribution in [2.45, 2.75) is 45.8 Å². The summed E-state index contributed by atoms with van der Waals surface area (Å²) in [6, 6.07) is 16.9. The highest BCUT2D eigenvalue weighted by molar-refractivity contribution is 6.00. The summed E-state index contributed by atoms with van der Waals surface area (Å²) in [7, 11) is 0. The lowest BCUT2D eigenvalue weighted by Crippen LogP contribution is -2.46. The Balaban J connectivity index is 1.76. The van der Waals surface area contributed by atoms with Gasteiger partial charge in [0.25, 0.3) is 0 Å². The van der Waals surface area contributed by atoms with Crippen molar-refractivity contribution in [2.24, 2.45) is 0 Å². The summed E-state index contributed by atoms with van der Waals surface area (Å²) in [5.74, 6) is -0.861. The number of aryl methyl sites for hydroxylation is 1. The van der Waals surface area contributed by atoms with Crippen LogP contribution >= 0.6 is 0 Å². The first kappa shape index (κ1) is 23.3. The quantitative estimate of drug-likeness (QED) is 0.676. The lowest BCUT2D eigenvalue weighted by Gasteiger charge is -2.28. The van der Waals surface area contributed by atoms with Gasteiger partial charge in [-0.15, -0.1) is 0 Å². The molecule has 0 spiro atoms. The van der Waals surface area contributed by atoms with E-state index in [1.54, 1.807) is 20.8 Å². The Hall–Kier alpha value is -3.35. The minimum absolute atomic E-state index is 0.131. The van der Waals surface area contributed by atoms with E-state index in [1.807, 2.05) is 54.6 Å². The lowest BCUT2D eigenvalue weighted by molar-refractivity contribution is -0.153. The molecule has 1 heterocycles. The SMILES string of the molecule is CC(C)(C)OC(=O)CN1C(=O)CN(C(=O)OCc2ccccc2)CCCc2ccccc21. The average molecular weight is 439 g/mol. The van der Waals surface area contributed by atoms with E-state index in [0.29, 0.717) is 25.1 Å². The second-order valence-electron chi connectivity index (χ2n) is 8.76. The van der Waals surface area contributed by atoms with Crippen molar-refractivity contribution < 1.29 is 23.9 Å². The van der Waals surface area contributed by atoms with E-state index >= 15 is 0 Å². The van der Waals surface area contributed by atoms with Gasteiger partial charge in [0.05, 0.1) is 0 Å². The number of hydrogen-bond acceptors (Lipinski definition) is 5. The highest BCUT2D eigenvalue weighted by Gasteiger charge is 2.29.